The highest BCUT2D eigenvalue weighted by Crippen LogP contribution is 2.13. The number of ether oxygens (including phenoxy) is 1. The molecule has 1 atom stereocenters. The highest BCUT2D eigenvalue weighted by Gasteiger charge is 2.11. The molecular formula is C18H19NO3. The Bertz CT molecular complexity index is 621. The predicted octanol–water partition coefficient (Wildman–Crippen LogP) is 2.73. The number of rotatable bonds is 7. The molecule has 22 heavy (non-hydrogen) atoms. The lowest BCUT2D eigenvalue weighted by Gasteiger charge is -2.08. The lowest BCUT2D eigenvalue weighted by Crippen LogP contribution is -2.32. The molecule has 0 aliphatic heterocycles. The van der Waals surface area contributed by atoms with Crippen LogP contribution in [0.4, 0.5) is 0 Å². The lowest BCUT2D eigenvalue weighted by atomic mass is 10.1. The number of hydrogen-bond donors (Lipinski definition) is 2. The minimum atomic E-state index is -0.994. The van der Waals surface area contributed by atoms with Crippen LogP contribution in [-0.4, -0.2) is 23.7 Å². The minimum Gasteiger partial charge on any atom is -0.490 e. The molecule has 0 bridgehead atoms. The molecule has 0 radical (unpaired) electrons. The van der Waals surface area contributed by atoms with E-state index in [4.69, 9.17) is 15.6 Å². The summed E-state index contributed by atoms with van der Waals surface area (Å²) in [5.41, 5.74) is 7.51. The molecular weight excluding hydrogens is 278 g/mol. The maximum absolute atomic E-state index is 10.7. The van der Waals surface area contributed by atoms with Gasteiger partial charge in [-0.15, -0.1) is 0 Å². The molecule has 0 fully saturated rings. The topological polar surface area (TPSA) is 72.5 Å². The molecule has 0 amide bonds. The maximum Gasteiger partial charge on any atom is 0.320 e. The Morgan fingerprint density at radius 2 is 1.82 bits per heavy atom. The smallest absolute Gasteiger partial charge is 0.320 e. The first-order valence-corrected chi connectivity index (χ1v) is 7.07. The lowest BCUT2D eigenvalue weighted by molar-refractivity contribution is -0.138. The fraction of sp³-hybridized carbons (Fsp3) is 0.167. The molecule has 0 spiro atoms. The summed E-state index contributed by atoms with van der Waals surface area (Å²) in [6.45, 7) is 0.475. The quantitative estimate of drug-likeness (QED) is 0.824. The Balaban J connectivity index is 1.81. The summed E-state index contributed by atoms with van der Waals surface area (Å²) in [7, 11) is 0. The van der Waals surface area contributed by atoms with Crippen molar-refractivity contribution in [3.05, 3.63) is 71.8 Å². The summed E-state index contributed by atoms with van der Waals surface area (Å²) < 4.78 is 5.60. The summed E-state index contributed by atoms with van der Waals surface area (Å²) in [5, 5.41) is 8.78. The van der Waals surface area contributed by atoms with E-state index < -0.39 is 12.0 Å². The molecule has 0 aromatic heterocycles. The second kappa shape index (κ2) is 8.00. The zero-order valence-electron chi connectivity index (χ0n) is 12.2. The standard InChI is InChI=1S/C18H19NO3/c19-17(18(20)21)13-15-8-10-16(11-9-15)22-12-4-7-14-5-2-1-3-6-14/h1-11,17H,12-13,19H2,(H,20,21)/t17-/m0/s1. The average Bonchev–Trinajstić information content (AvgIpc) is 2.54. The van der Waals surface area contributed by atoms with Gasteiger partial charge in [-0.1, -0.05) is 48.5 Å². The van der Waals surface area contributed by atoms with Gasteiger partial charge in [-0.25, -0.2) is 0 Å². The predicted molar refractivity (Wildman–Crippen MR) is 86.7 cm³/mol. The molecule has 0 unspecified atom stereocenters. The van der Waals surface area contributed by atoms with Gasteiger partial charge in [0.25, 0.3) is 0 Å². The molecule has 0 aliphatic carbocycles. The van der Waals surface area contributed by atoms with Crippen LogP contribution in [0.1, 0.15) is 11.1 Å². The van der Waals surface area contributed by atoms with Gasteiger partial charge in [0.15, 0.2) is 0 Å². The summed E-state index contributed by atoms with van der Waals surface area (Å²) >= 11 is 0. The van der Waals surface area contributed by atoms with Crippen molar-refractivity contribution in [3.8, 4) is 5.75 Å². The van der Waals surface area contributed by atoms with Crippen LogP contribution in [0.25, 0.3) is 6.08 Å². The molecule has 2 aromatic rings. The van der Waals surface area contributed by atoms with Gasteiger partial charge in [0.1, 0.15) is 18.4 Å². The molecule has 2 rings (SSSR count). The second-order valence-electron chi connectivity index (χ2n) is 4.92. The van der Waals surface area contributed by atoms with E-state index in [2.05, 4.69) is 0 Å². The van der Waals surface area contributed by atoms with Crippen molar-refractivity contribution in [2.75, 3.05) is 6.61 Å². The largest absolute Gasteiger partial charge is 0.490 e. The van der Waals surface area contributed by atoms with Crippen LogP contribution in [-0.2, 0) is 11.2 Å². The molecule has 2 aromatic carbocycles. The highest BCUT2D eigenvalue weighted by atomic mass is 16.5. The van der Waals surface area contributed by atoms with Crippen molar-refractivity contribution in [3.63, 3.8) is 0 Å². The normalized spacial score (nSPS) is 12.2. The summed E-state index contributed by atoms with van der Waals surface area (Å²) in [4.78, 5) is 10.7. The number of carboxylic acids is 1. The third-order valence-corrected chi connectivity index (χ3v) is 3.15. The number of carboxylic acid groups (broad SMARTS) is 1. The number of carbonyl (C=O) groups is 1. The van der Waals surface area contributed by atoms with Gasteiger partial charge in [0.2, 0.25) is 0 Å². The molecule has 4 nitrogen and oxygen atoms in total. The van der Waals surface area contributed by atoms with E-state index in [0.29, 0.717) is 13.0 Å². The number of hydrogen-bond acceptors (Lipinski definition) is 3. The van der Waals surface area contributed by atoms with E-state index in [0.717, 1.165) is 16.9 Å². The molecule has 0 saturated heterocycles. The zero-order valence-corrected chi connectivity index (χ0v) is 12.2. The number of aliphatic carboxylic acids is 1. The van der Waals surface area contributed by atoms with Crippen molar-refractivity contribution in [1.82, 2.24) is 0 Å². The molecule has 0 aliphatic rings. The van der Waals surface area contributed by atoms with E-state index >= 15 is 0 Å². The summed E-state index contributed by atoms with van der Waals surface area (Å²) in [6, 6.07) is 16.4. The highest BCUT2D eigenvalue weighted by molar-refractivity contribution is 5.73. The summed E-state index contributed by atoms with van der Waals surface area (Å²) in [5.74, 6) is -0.253. The van der Waals surface area contributed by atoms with Gasteiger partial charge < -0.3 is 15.6 Å². The van der Waals surface area contributed by atoms with E-state index in [1.54, 1.807) is 0 Å². The van der Waals surface area contributed by atoms with Crippen LogP contribution in [0, 0.1) is 0 Å². The van der Waals surface area contributed by atoms with Crippen LogP contribution in [0.15, 0.2) is 60.7 Å². The van der Waals surface area contributed by atoms with Crippen LogP contribution >= 0.6 is 0 Å². The fourth-order valence-corrected chi connectivity index (χ4v) is 1.96. The zero-order chi connectivity index (χ0) is 15.8. The average molecular weight is 297 g/mol. The molecule has 3 N–H and O–H groups in total. The van der Waals surface area contributed by atoms with Crippen molar-refractivity contribution in [2.45, 2.75) is 12.5 Å². The third kappa shape index (κ3) is 5.07. The minimum absolute atomic E-state index is 0.309. The van der Waals surface area contributed by atoms with Crippen LogP contribution < -0.4 is 10.5 Å². The van der Waals surface area contributed by atoms with E-state index in [-0.39, 0.29) is 0 Å². The van der Waals surface area contributed by atoms with Gasteiger partial charge in [-0.3, -0.25) is 4.79 Å². The first-order chi connectivity index (χ1) is 10.6. The van der Waals surface area contributed by atoms with Gasteiger partial charge in [-0.2, -0.15) is 0 Å². The molecule has 0 saturated carbocycles. The van der Waals surface area contributed by atoms with Crippen LogP contribution in [0.2, 0.25) is 0 Å². The molecule has 0 heterocycles. The monoisotopic (exact) mass is 297 g/mol. The van der Waals surface area contributed by atoms with Gasteiger partial charge in [-0.05, 0) is 35.8 Å². The van der Waals surface area contributed by atoms with Crippen molar-refractivity contribution >= 4 is 12.0 Å². The number of benzene rings is 2. The SMILES string of the molecule is N[C@@H](Cc1ccc(OCC=Cc2ccccc2)cc1)C(=O)O. The first-order valence-electron chi connectivity index (χ1n) is 7.07. The van der Waals surface area contributed by atoms with Crippen LogP contribution in [0.5, 0.6) is 5.75 Å². The van der Waals surface area contributed by atoms with Crippen molar-refractivity contribution < 1.29 is 14.6 Å². The first kappa shape index (κ1) is 15.8. The Labute approximate surface area is 129 Å². The van der Waals surface area contributed by atoms with E-state index in [1.165, 1.54) is 0 Å². The van der Waals surface area contributed by atoms with Gasteiger partial charge >= 0.3 is 5.97 Å². The number of nitrogens with two attached hydrogens (primary N) is 1. The Morgan fingerprint density at radius 3 is 2.45 bits per heavy atom. The van der Waals surface area contributed by atoms with Gasteiger partial charge in [0.05, 0.1) is 0 Å². The van der Waals surface area contributed by atoms with E-state index in [9.17, 15) is 4.79 Å². The Hall–Kier alpha value is -2.59. The van der Waals surface area contributed by atoms with Crippen molar-refractivity contribution in [1.29, 1.82) is 0 Å². The Morgan fingerprint density at radius 1 is 1.14 bits per heavy atom. The Kier molecular flexibility index (Phi) is 5.74. The third-order valence-electron chi connectivity index (χ3n) is 3.15. The van der Waals surface area contributed by atoms with E-state index in [1.807, 2.05) is 66.7 Å². The second-order valence-corrected chi connectivity index (χ2v) is 4.92. The fourth-order valence-electron chi connectivity index (χ4n) is 1.96. The maximum atomic E-state index is 10.7. The van der Waals surface area contributed by atoms with Gasteiger partial charge in [0, 0.05) is 0 Å². The molecule has 114 valence electrons. The molecule has 4 heteroatoms. The van der Waals surface area contributed by atoms with Crippen molar-refractivity contribution in [2.24, 2.45) is 5.73 Å². The summed E-state index contributed by atoms with van der Waals surface area (Å²) in [6.07, 6.45) is 4.26. The van der Waals surface area contributed by atoms with Crippen LogP contribution in [0.3, 0.4) is 0 Å².